The molecule has 0 aromatic carbocycles. The van der Waals surface area contributed by atoms with Crippen molar-refractivity contribution in [2.24, 2.45) is 0 Å². The molecule has 1 aromatic rings. The fraction of sp³-hybridized carbons (Fsp3) is 0.615. The van der Waals surface area contributed by atoms with Gasteiger partial charge in [-0.05, 0) is 68.1 Å². The van der Waals surface area contributed by atoms with Gasteiger partial charge < -0.3 is 12.6 Å². The fourth-order valence-corrected chi connectivity index (χ4v) is 3.34. The summed E-state index contributed by atoms with van der Waals surface area (Å²) in [5, 5.41) is 0.908. The maximum Gasteiger partial charge on any atom is 0.0420 e. The average Bonchev–Trinajstić information content (AvgIpc) is 2.30. The van der Waals surface area contributed by atoms with Crippen LogP contribution in [-0.4, -0.2) is 4.98 Å². The van der Waals surface area contributed by atoms with E-state index in [9.17, 15) is 0 Å². The van der Waals surface area contributed by atoms with Crippen molar-refractivity contribution in [3.05, 3.63) is 22.4 Å². The zero-order valence-electron chi connectivity index (χ0n) is 9.01. The third-order valence-electron chi connectivity index (χ3n) is 3.77. The number of aromatic nitrogens is 1. The molecule has 15 heavy (non-hydrogen) atoms. The van der Waals surface area contributed by atoms with Crippen molar-refractivity contribution >= 4 is 12.6 Å². The molecule has 2 aliphatic rings. The Labute approximate surface area is 96.7 Å². The lowest BCUT2D eigenvalue weighted by molar-refractivity contribution is 0.610. The summed E-state index contributed by atoms with van der Waals surface area (Å²) in [6.07, 6.45) is 10.1. The second kappa shape index (κ2) is 3.75. The molecule has 0 fully saturated rings. The molecule has 1 heterocycles. The first-order valence-electron chi connectivity index (χ1n) is 6.07. The van der Waals surface area contributed by atoms with E-state index in [2.05, 4.69) is 4.98 Å². The second-order valence-electron chi connectivity index (χ2n) is 4.71. The van der Waals surface area contributed by atoms with Crippen LogP contribution in [0.1, 0.15) is 48.1 Å². The van der Waals surface area contributed by atoms with Crippen LogP contribution in [0, 0.1) is 0 Å². The van der Waals surface area contributed by atoms with Gasteiger partial charge >= 0.3 is 0 Å². The summed E-state index contributed by atoms with van der Waals surface area (Å²) >= 11 is 5.41. The molecule has 0 saturated carbocycles. The van der Waals surface area contributed by atoms with Crippen LogP contribution in [0.15, 0.2) is 5.03 Å². The molecule has 3 rings (SSSR count). The van der Waals surface area contributed by atoms with Crippen molar-refractivity contribution in [2.75, 3.05) is 0 Å². The number of aryl methyl sites for hydroxylation is 1. The van der Waals surface area contributed by atoms with Gasteiger partial charge in [0.05, 0.1) is 0 Å². The molecule has 2 heteroatoms. The van der Waals surface area contributed by atoms with E-state index in [0.717, 1.165) is 11.4 Å². The van der Waals surface area contributed by atoms with Crippen LogP contribution in [0.2, 0.25) is 0 Å². The van der Waals surface area contributed by atoms with E-state index in [0.29, 0.717) is 0 Å². The molecule has 0 N–H and O–H groups in total. The number of rotatable bonds is 0. The lowest BCUT2D eigenvalue weighted by atomic mass is 9.84. The van der Waals surface area contributed by atoms with Gasteiger partial charge in [-0.3, -0.25) is 4.98 Å². The minimum atomic E-state index is 0.908. The molecule has 0 bridgehead atoms. The zero-order chi connectivity index (χ0) is 10.3. The summed E-state index contributed by atoms with van der Waals surface area (Å²) in [6.45, 7) is 0. The molecule has 0 radical (unpaired) electrons. The standard InChI is InChI=1S/C13H17NS/c15-13-11-7-2-1-5-9(11)10-6-3-4-8-12(10)14-13/h1-8H2,(H,14,15)/p-1. The highest BCUT2D eigenvalue weighted by Crippen LogP contribution is 2.32. The van der Waals surface area contributed by atoms with Gasteiger partial charge in [0.2, 0.25) is 0 Å². The number of hydrogen-bond donors (Lipinski definition) is 0. The van der Waals surface area contributed by atoms with E-state index < -0.39 is 0 Å². The van der Waals surface area contributed by atoms with Crippen LogP contribution in [0.25, 0.3) is 0 Å². The van der Waals surface area contributed by atoms with E-state index in [1.807, 2.05) is 0 Å². The van der Waals surface area contributed by atoms with Gasteiger partial charge in [-0.2, -0.15) is 0 Å². The molecular weight excluding hydrogens is 202 g/mol. The molecule has 80 valence electrons. The first-order valence-corrected chi connectivity index (χ1v) is 6.47. The smallest absolute Gasteiger partial charge is 0.0420 e. The van der Waals surface area contributed by atoms with E-state index in [-0.39, 0.29) is 0 Å². The van der Waals surface area contributed by atoms with E-state index in [1.165, 1.54) is 56.2 Å². The van der Waals surface area contributed by atoms with Gasteiger partial charge in [-0.25, -0.2) is 0 Å². The lowest BCUT2D eigenvalue weighted by Crippen LogP contribution is -2.16. The highest BCUT2D eigenvalue weighted by atomic mass is 32.1. The predicted octanol–water partition coefficient (Wildman–Crippen LogP) is 2.75. The summed E-state index contributed by atoms with van der Waals surface area (Å²) < 4.78 is 0. The van der Waals surface area contributed by atoms with Gasteiger partial charge in [-0.15, -0.1) is 0 Å². The SMILES string of the molecule is [S-]c1nc2c(c3c1CCCC3)CCCC2. The molecule has 0 aliphatic heterocycles. The summed E-state index contributed by atoms with van der Waals surface area (Å²) in [5.74, 6) is 0. The topological polar surface area (TPSA) is 12.9 Å². The summed E-state index contributed by atoms with van der Waals surface area (Å²) in [4.78, 5) is 4.64. The minimum Gasteiger partial charge on any atom is -0.760 e. The summed E-state index contributed by atoms with van der Waals surface area (Å²) in [5.41, 5.74) is 5.91. The van der Waals surface area contributed by atoms with Crippen LogP contribution in [-0.2, 0) is 38.3 Å². The first kappa shape index (κ1) is 9.59. The molecule has 0 atom stereocenters. The van der Waals surface area contributed by atoms with Crippen LogP contribution in [0.3, 0.4) is 0 Å². The number of nitrogens with zero attached hydrogens (tertiary/aromatic N) is 1. The normalized spacial score (nSPS) is 19.5. The van der Waals surface area contributed by atoms with Gasteiger partial charge in [0, 0.05) is 5.69 Å². The maximum absolute atomic E-state index is 5.41. The number of hydrogen-bond acceptors (Lipinski definition) is 2. The van der Waals surface area contributed by atoms with Crippen molar-refractivity contribution in [3.8, 4) is 0 Å². The first-order chi connectivity index (χ1) is 7.36. The van der Waals surface area contributed by atoms with E-state index in [1.54, 1.807) is 11.1 Å². The molecule has 0 amide bonds. The van der Waals surface area contributed by atoms with Crippen molar-refractivity contribution in [1.82, 2.24) is 4.98 Å². The van der Waals surface area contributed by atoms with E-state index in [4.69, 9.17) is 12.6 Å². The minimum absolute atomic E-state index is 0.908. The Morgan fingerprint density at radius 3 is 2.13 bits per heavy atom. The molecular formula is C13H16NS-. The van der Waals surface area contributed by atoms with Crippen LogP contribution >= 0.6 is 0 Å². The summed E-state index contributed by atoms with van der Waals surface area (Å²) in [6, 6.07) is 0. The lowest BCUT2D eigenvalue weighted by Gasteiger charge is -2.29. The van der Waals surface area contributed by atoms with Gasteiger partial charge in [0.15, 0.2) is 0 Å². The third kappa shape index (κ3) is 1.55. The van der Waals surface area contributed by atoms with E-state index >= 15 is 0 Å². The van der Waals surface area contributed by atoms with Crippen molar-refractivity contribution in [3.63, 3.8) is 0 Å². The van der Waals surface area contributed by atoms with Gasteiger partial charge in [-0.1, -0.05) is 5.03 Å². The molecule has 1 aromatic heterocycles. The fourth-order valence-electron chi connectivity index (χ4n) is 3.00. The van der Waals surface area contributed by atoms with Crippen molar-refractivity contribution in [1.29, 1.82) is 0 Å². The molecule has 0 spiro atoms. The Bertz CT molecular complexity index is 398. The van der Waals surface area contributed by atoms with Crippen LogP contribution in [0.5, 0.6) is 0 Å². The average molecular weight is 218 g/mol. The second-order valence-corrected chi connectivity index (χ2v) is 5.10. The van der Waals surface area contributed by atoms with Crippen LogP contribution < -0.4 is 0 Å². The number of pyridine rings is 1. The monoisotopic (exact) mass is 218 g/mol. The molecule has 0 unspecified atom stereocenters. The Hall–Kier alpha value is -0.630. The summed E-state index contributed by atoms with van der Waals surface area (Å²) in [7, 11) is 0. The molecule has 0 saturated heterocycles. The van der Waals surface area contributed by atoms with Gasteiger partial charge in [0.25, 0.3) is 0 Å². The quantitative estimate of drug-likeness (QED) is 0.621. The third-order valence-corrected chi connectivity index (χ3v) is 4.10. The van der Waals surface area contributed by atoms with Crippen molar-refractivity contribution < 1.29 is 0 Å². The Morgan fingerprint density at radius 2 is 1.33 bits per heavy atom. The Morgan fingerprint density at radius 1 is 0.733 bits per heavy atom. The van der Waals surface area contributed by atoms with Crippen LogP contribution in [0.4, 0.5) is 0 Å². The highest BCUT2D eigenvalue weighted by molar-refractivity contribution is 7.58. The molecule has 1 nitrogen and oxygen atoms in total. The maximum atomic E-state index is 5.41. The Balaban J connectivity index is 2.18. The molecule has 2 aliphatic carbocycles. The van der Waals surface area contributed by atoms with Gasteiger partial charge in [0.1, 0.15) is 0 Å². The zero-order valence-corrected chi connectivity index (χ0v) is 9.83. The Kier molecular flexibility index (Phi) is 2.39. The number of fused-ring (bicyclic) bond motifs is 3. The van der Waals surface area contributed by atoms with Crippen molar-refractivity contribution in [2.45, 2.75) is 56.4 Å². The highest BCUT2D eigenvalue weighted by Gasteiger charge is 2.19. The largest absolute Gasteiger partial charge is 0.760 e. The predicted molar refractivity (Wildman–Crippen MR) is 63.2 cm³/mol.